The van der Waals surface area contributed by atoms with E-state index in [-0.39, 0.29) is 17.1 Å². The Bertz CT molecular complexity index is 1590. The third-order valence-corrected chi connectivity index (χ3v) is 6.18. The number of ether oxygens (including phenoxy) is 2. The zero-order valence-electron chi connectivity index (χ0n) is 19.3. The van der Waals surface area contributed by atoms with Crippen LogP contribution in [0.25, 0.3) is 27.6 Å². The summed E-state index contributed by atoms with van der Waals surface area (Å²) in [5.74, 6) is 0.523. The number of carbonyl (C=O) groups is 1. The molecule has 12 heteroatoms. The minimum atomic E-state index is -0.710. The van der Waals surface area contributed by atoms with E-state index in [1.807, 2.05) is 35.7 Å². The van der Waals surface area contributed by atoms with Crippen LogP contribution in [-0.4, -0.2) is 39.8 Å². The predicted molar refractivity (Wildman–Crippen MR) is 133 cm³/mol. The fraction of sp³-hybridized carbons (Fsp3) is 0.125. The number of carbonyl (C=O) groups excluding carboxylic acids is 1. The number of thiazole rings is 1. The van der Waals surface area contributed by atoms with E-state index in [1.54, 1.807) is 13.0 Å². The quantitative estimate of drug-likeness (QED) is 0.235. The molecule has 0 unspecified atom stereocenters. The molecular weight excluding hydrogens is 486 g/mol. The van der Waals surface area contributed by atoms with Crippen LogP contribution in [0.1, 0.15) is 16.1 Å². The van der Waals surface area contributed by atoms with Crippen molar-refractivity contribution in [2.75, 3.05) is 19.5 Å². The molecule has 5 rings (SSSR count). The van der Waals surface area contributed by atoms with Crippen LogP contribution in [0.5, 0.6) is 11.5 Å². The van der Waals surface area contributed by atoms with E-state index in [0.29, 0.717) is 28.1 Å². The van der Waals surface area contributed by atoms with Crippen molar-refractivity contribution in [2.45, 2.75) is 6.92 Å². The second kappa shape index (κ2) is 9.15. The molecule has 0 bridgehead atoms. The minimum Gasteiger partial charge on any atom is -0.493 e. The van der Waals surface area contributed by atoms with Crippen molar-refractivity contribution in [3.05, 3.63) is 75.3 Å². The number of nitro benzene ring substituents is 1. The summed E-state index contributed by atoms with van der Waals surface area (Å²) in [4.78, 5) is 28.7. The third kappa shape index (κ3) is 4.14. The zero-order valence-corrected chi connectivity index (χ0v) is 20.2. The van der Waals surface area contributed by atoms with Crippen molar-refractivity contribution in [1.82, 2.24) is 14.8 Å². The van der Waals surface area contributed by atoms with Gasteiger partial charge in [0.05, 0.1) is 30.9 Å². The number of para-hydroxylation sites is 1. The van der Waals surface area contributed by atoms with Crippen molar-refractivity contribution in [1.29, 1.82) is 0 Å². The van der Waals surface area contributed by atoms with Crippen molar-refractivity contribution >= 4 is 39.7 Å². The Morgan fingerprint density at radius 2 is 1.89 bits per heavy atom. The topological polar surface area (TPSA) is 135 Å². The van der Waals surface area contributed by atoms with E-state index < -0.39 is 16.5 Å². The number of nitrogens with one attached hydrogen (secondary N) is 1. The average molecular weight is 506 g/mol. The Kier molecular flexibility index (Phi) is 5.86. The molecule has 0 spiro atoms. The molecule has 182 valence electrons. The van der Waals surface area contributed by atoms with Crippen molar-refractivity contribution in [3.8, 4) is 28.1 Å². The number of hydrogen-bond donors (Lipinski definition) is 1. The average Bonchev–Trinajstić information content (AvgIpc) is 3.60. The third-order valence-electron chi connectivity index (χ3n) is 5.37. The standard InChI is InChI=1S/C24H19N5O6S/c1-13-8-22(26-23(30)15-10-20(33-2)21(34-3)11-17(15)29(31)32)28(27-13)24-25-16(12-36-24)19-9-14-6-4-5-7-18(14)35-19/h4-12H,1-3H3,(H,26,30). The van der Waals surface area contributed by atoms with E-state index in [2.05, 4.69) is 15.4 Å². The summed E-state index contributed by atoms with van der Waals surface area (Å²) in [5.41, 5.74) is 1.38. The van der Waals surface area contributed by atoms with Crippen molar-refractivity contribution < 1.29 is 23.6 Å². The van der Waals surface area contributed by atoms with Gasteiger partial charge in [0.25, 0.3) is 11.6 Å². The minimum absolute atomic E-state index is 0.141. The Labute approximate surface area is 208 Å². The number of hydrogen-bond acceptors (Lipinski definition) is 9. The van der Waals surface area contributed by atoms with Gasteiger partial charge in [0.2, 0.25) is 5.13 Å². The van der Waals surface area contributed by atoms with Gasteiger partial charge >= 0.3 is 0 Å². The highest BCUT2D eigenvalue weighted by molar-refractivity contribution is 7.12. The highest BCUT2D eigenvalue weighted by Crippen LogP contribution is 2.35. The first kappa shape index (κ1) is 23.1. The lowest BCUT2D eigenvalue weighted by Gasteiger charge is -2.11. The van der Waals surface area contributed by atoms with Gasteiger partial charge in [-0.3, -0.25) is 14.9 Å². The molecule has 36 heavy (non-hydrogen) atoms. The van der Waals surface area contributed by atoms with Crippen LogP contribution >= 0.6 is 11.3 Å². The van der Waals surface area contributed by atoms with Gasteiger partial charge in [-0.2, -0.15) is 9.78 Å². The van der Waals surface area contributed by atoms with Gasteiger partial charge in [-0.1, -0.05) is 18.2 Å². The SMILES string of the molecule is COc1cc(C(=O)Nc2cc(C)nn2-c2nc(-c3cc4ccccc4o3)cs2)c([N+](=O)[O-])cc1OC. The van der Waals surface area contributed by atoms with E-state index in [4.69, 9.17) is 13.9 Å². The molecule has 0 aliphatic heterocycles. The Hall–Kier alpha value is -4.71. The lowest BCUT2D eigenvalue weighted by atomic mass is 10.1. The number of amides is 1. The molecule has 0 fully saturated rings. The molecular formula is C24H19N5O6S. The fourth-order valence-corrected chi connectivity index (χ4v) is 4.48. The molecule has 3 aromatic heterocycles. The van der Waals surface area contributed by atoms with Crippen LogP contribution in [0, 0.1) is 17.0 Å². The first-order valence-corrected chi connectivity index (χ1v) is 11.5. The maximum atomic E-state index is 13.1. The highest BCUT2D eigenvalue weighted by atomic mass is 32.1. The van der Waals surface area contributed by atoms with Gasteiger partial charge in [0.15, 0.2) is 17.3 Å². The van der Waals surface area contributed by atoms with E-state index in [0.717, 1.165) is 17.0 Å². The van der Waals surface area contributed by atoms with Crippen LogP contribution in [0.4, 0.5) is 11.5 Å². The van der Waals surface area contributed by atoms with Gasteiger partial charge in [-0.05, 0) is 19.1 Å². The number of fused-ring (bicyclic) bond motifs is 1. The van der Waals surface area contributed by atoms with Gasteiger partial charge in [0, 0.05) is 22.9 Å². The number of rotatable bonds is 7. The Morgan fingerprint density at radius 1 is 1.14 bits per heavy atom. The molecule has 0 saturated carbocycles. The molecule has 2 aromatic carbocycles. The summed E-state index contributed by atoms with van der Waals surface area (Å²) in [7, 11) is 2.74. The number of anilines is 1. The van der Waals surface area contributed by atoms with Crippen LogP contribution in [0.15, 0.2) is 58.3 Å². The number of furan rings is 1. The monoisotopic (exact) mass is 505 g/mol. The maximum absolute atomic E-state index is 13.1. The lowest BCUT2D eigenvalue weighted by Crippen LogP contribution is -2.17. The van der Waals surface area contributed by atoms with Crippen LogP contribution in [0.2, 0.25) is 0 Å². The molecule has 0 aliphatic rings. The Morgan fingerprint density at radius 3 is 2.61 bits per heavy atom. The molecule has 0 radical (unpaired) electrons. The van der Waals surface area contributed by atoms with Gasteiger partial charge in [-0.15, -0.1) is 11.3 Å². The summed E-state index contributed by atoms with van der Waals surface area (Å²) in [6, 6.07) is 13.6. The van der Waals surface area contributed by atoms with Gasteiger partial charge < -0.3 is 19.2 Å². The number of methoxy groups -OCH3 is 2. The summed E-state index contributed by atoms with van der Waals surface area (Å²) in [6.07, 6.45) is 0. The smallest absolute Gasteiger partial charge is 0.286 e. The van der Waals surface area contributed by atoms with Crippen LogP contribution < -0.4 is 14.8 Å². The summed E-state index contributed by atoms with van der Waals surface area (Å²) in [5, 5.41) is 22.0. The lowest BCUT2D eigenvalue weighted by molar-refractivity contribution is -0.385. The molecule has 0 saturated heterocycles. The van der Waals surface area contributed by atoms with E-state index >= 15 is 0 Å². The predicted octanol–water partition coefficient (Wildman–Crippen LogP) is 5.23. The largest absolute Gasteiger partial charge is 0.493 e. The van der Waals surface area contributed by atoms with E-state index in [1.165, 1.54) is 36.3 Å². The summed E-state index contributed by atoms with van der Waals surface area (Å²) >= 11 is 1.31. The zero-order chi connectivity index (χ0) is 25.4. The highest BCUT2D eigenvalue weighted by Gasteiger charge is 2.26. The Balaban J connectivity index is 1.48. The normalized spacial score (nSPS) is 11.0. The number of aryl methyl sites for hydroxylation is 1. The second-order valence-corrected chi connectivity index (χ2v) is 8.52. The van der Waals surface area contributed by atoms with Crippen LogP contribution in [-0.2, 0) is 0 Å². The second-order valence-electron chi connectivity index (χ2n) is 7.68. The molecule has 11 nitrogen and oxygen atoms in total. The van der Waals surface area contributed by atoms with Crippen molar-refractivity contribution in [3.63, 3.8) is 0 Å². The number of benzene rings is 2. The molecule has 0 atom stereocenters. The number of nitrogens with zero attached hydrogens (tertiary/aromatic N) is 4. The van der Waals surface area contributed by atoms with Gasteiger partial charge in [0.1, 0.15) is 22.7 Å². The fourth-order valence-electron chi connectivity index (χ4n) is 3.70. The maximum Gasteiger partial charge on any atom is 0.286 e. The molecule has 1 amide bonds. The molecule has 1 N–H and O–H groups in total. The van der Waals surface area contributed by atoms with Crippen molar-refractivity contribution in [2.24, 2.45) is 0 Å². The molecule has 0 aliphatic carbocycles. The first-order chi connectivity index (χ1) is 17.4. The van der Waals surface area contributed by atoms with Gasteiger partial charge in [-0.25, -0.2) is 4.98 Å². The summed E-state index contributed by atoms with van der Waals surface area (Å²) in [6.45, 7) is 1.76. The van der Waals surface area contributed by atoms with E-state index in [9.17, 15) is 14.9 Å². The first-order valence-electron chi connectivity index (χ1n) is 10.6. The number of nitro groups is 1. The van der Waals surface area contributed by atoms with Crippen LogP contribution in [0.3, 0.4) is 0 Å². The number of aromatic nitrogens is 3. The molecule has 5 aromatic rings. The summed E-state index contributed by atoms with van der Waals surface area (Å²) < 4.78 is 17.7. The molecule has 3 heterocycles.